The summed E-state index contributed by atoms with van der Waals surface area (Å²) in [6, 6.07) is 3.33. The van der Waals surface area contributed by atoms with Gasteiger partial charge in [-0.05, 0) is 32.9 Å². The number of pyridine rings is 1. The maximum atomic E-state index is 15.4. The average molecular weight is 529 g/mol. The molecule has 0 bridgehead atoms. The second-order valence-corrected chi connectivity index (χ2v) is 9.02. The number of hydrogen-bond acceptors (Lipinski definition) is 5. The van der Waals surface area contributed by atoms with E-state index in [1.165, 1.54) is 12.3 Å². The van der Waals surface area contributed by atoms with Crippen LogP contribution < -0.4 is 15.0 Å². The molecule has 0 radical (unpaired) electrons. The third kappa shape index (κ3) is 4.64. The number of ether oxygens (including phenoxy) is 1. The summed E-state index contributed by atoms with van der Waals surface area (Å²) in [6.07, 6.45) is -1.49. The first-order chi connectivity index (χ1) is 16.4. The van der Waals surface area contributed by atoms with Crippen LogP contribution in [0.25, 0.3) is 11.1 Å². The number of rotatable bonds is 5. The molecule has 3 aromatic rings. The van der Waals surface area contributed by atoms with E-state index in [1.807, 2.05) is 6.92 Å². The second kappa shape index (κ2) is 9.23. The Morgan fingerprint density at radius 1 is 1.14 bits per heavy atom. The van der Waals surface area contributed by atoms with E-state index in [0.29, 0.717) is 11.3 Å². The van der Waals surface area contributed by atoms with Crippen molar-refractivity contribution < 1.29 is 26.9 Å². The van der Waals surface area contributed by atoms with Crippen molar-refractivity contribution in [2.45, 2.75) is 45.1 Å². The lowest BCUT2D eigenvalue weighted by Crippen LogP contribution is -2.42. The Morgan fingerprint density at radius 2 is 1.86 bits per heavy atom. The number of alkyl halides is 3. The number of aromatic nitrogens is 3. The number of anilines is 1. The first-order valence-electron chi connectivity index (χ1n) is 10.5. The van der Waals surface area contributed by atoms with Crippen LogP contribution in [0.1, 0.15) is 49.8 Å². The van der Waals surface area contributed by atoms with Crippen LogP contribution in [0.3, 0.4) is 0 Å². The summed E-state index contributed by atoms with van der Waals surface area (Å²) in [5.41, 5.74) is 5.77. The Morgan fingerprint density at radius 3 is 2.46 bits per heavy atom. The van der Waals surface area contributed by atoms with Crippen LogP contribution in [0.5, 0.6) is 5.75 Å². The molecule has 184 valence electrons. The van der Waals surface area contributed by atoms with Crippen LogP contribution >= 0.6 is 23.2 Å². The van der Waals surface area contributed by atoms with Crippen LogP contribution in [-0.4, -0.2) is 21.2 Å². The zero-order chi connectivity index (χ0) is 25.7. The standard InChI is InChI=1S/C23H20Cl2F4N5O/c1-10(2)35-19-13(11(3)22-33-20(25)18-21(30)31-6-7-34(18)22)8-14(24)17(26)16(19)12-4-5-15(32-9-12)23(27,28)29/h4-11,22H,1-3H3,(H2,30,31)/q+1/t11-,22?/m1/s1. The highest BCUT2D eigenvalue weighted by atomic mass is 35.5. The van der Waals surface area contributed by atoms with E-state index in [1.54, 1.807) is 24.6 Å². The van der Waals surface area contributed by atoms with Crippen molar-refractivity contribution in [2.24, 2.45) is 4.99 Å². The van der Waals surface area contributed by atoms with Crippen LogP contribution in [0.4, 0.5) is 23.4 Å². The molecule has 0 saturated heterocycles. The van der Waals surface area contributed by atoms with Gasteiger partial charge in [0.25, 0.3) is 11.9 Å². The molecule has 3 heterocycles. The number of halogens is 6. The molecule has 1 aliphatic rings. The molecule has 0 fully saturated rings. The summed E-state index contributed by atoms with van der Waals surface area (Å²) in [6.45, 7) is 5.32. The van der Waals surface area contributed by atoms with E-state index in [4.69, 9.17) is 33.7 Å². The lowest BCUT2D eigenvalue weighted by Gasteiger charge is -2.23. The van der Waals surface area contributed by atoms with Gasteiger partial charge >= 0.3 is 6.18 Å². The van der Waals surface area contributed by atoms with Crippen molar-refractivity contribution in [3.63, 3.8) is 0 Å². The first kappa shape index (κ1) is 25.1. The summed E-state index contributed by atoms with van der Waals surface area (Å²) in [5.74, 6) is -0.985. The number of aliphatic imine (C=N–C) groups is 1. The molecule has 1 aliphatic heterocycles. The molecular formula is C23H20Cl2F4N5O+. The van der Waals surface area contributed by atoms with E-state index in [0.717, 1.165) is 18.3 Å². The number of nitrogen functional groups attached to an aromatic ring is 1. The van der Waals surface area contributed by atoms with Crippen LogP contribution in [0, 0.1) is 5.82 Å². The van der Waals surface area contributed by atoms with Gasteiger partial charge in [-0.25, -0.2) is 9.37 Å². The maximum Gasteiger partial charge on any atom is 0.433 e. The molecule has 4 rings (SSSR count). The molecule has 12 heteroatoms. The number of hydrogen-bond donors (Lipinski definition) is 1. The van der Waals surface area contributed by atoms with Crippen LogP contribution in [0.15, 0.2) is 41.8 Å². The predicted octanol–water partition coefficient (Wildman–Crippen LogP) is 5.91. The fourth-order valence-electron chi connectivity index (χ4n) is 3.94. The van der Waals surface area contributed by atoms with Gasteiger partial charge in [0.05, 0.1) is 28.8 Å². The molecule has 0 amide bonds. The summed E-state index contributed by atoms with van der Waals surface area (Å²) in [5, 5.41) is -0.0652. The lowest BCUT2D eigenvalue weighted by molar-refractivity contribution is -0.719. The molecule has 0 aliphatic carbocycles. The minimum absolute atomic E-state index is 0.0801. The van der Waals surface area contributed by atoms with Gasteiger partial charge in [-0.2, -0.15) is 22.7 Å². The Balaban J connectivity index is 1.89. The van der Waals surface area contributed by atoms with Crippen LogP contribution in [0.2, 0.25) is 5.02 Å². The van der Waals surface area contributed by atoms with E-state index < -0.39 is 35.9 Å². The Hall–Kier alpha value is -2.98. The Labute approximate surface area is 208 Å². The largest absolute Gasteiger partial charge is 0.490 e. The third-order valence-electron chi connectivity index (χ3n) is 5.50. The first-order valence-corrected chi connectivity index (χ1v) is 11.3. The van der Waals surface area contributed by atoms with E-state index in [2.05, 4.69) is 15.0 Å². The van der Waals surface area contributed by atoms with Crippen LogP contribution in [-0.2, 0) is 6.18 Å². The van der Waals surface area contributed by atoms with Crippen molar-refractivity contribution in [3.05, 3.63) is 64.6 Å². The van der Waals surface area contributed by atoms with Gasteiger partial charge in [-0.3, -0.25) is 4.98 Å². The molecule has 2 aromatic heterocycles. The van der Waals surface area contributed by atoms with Gasteiger partial charge < -0.3 is 10.5 Å². The molecule has 1 aromatic carbocycles. The van der Waals surface area contributed by atoms with Crippen molar-refractivity contribution in [1.82, 2.24) is 9.97 Å². The van der Waals surface area contributed by atoms with Gasteiger partial charge in [0.1, 0.15) is 11.4 Å². The van der Waals surface area contributed by atoms with Crippen molar-refractivity contribution >= 4 is 34.2 Å². The fraction of sp³-hybridized carbons (Fsp3) is 0.304. The molecule has 35 heavy (non-hydrogen) atoms. The molecule has 6 nitrogen and oxygen atoms in total. The fourth-order valence-corrected chi connectivity index (χ4v) is 4.44. The van der Waals surface area contributed by atoms with Crippen molar-refractivity contribution in [2.75, 3.05) is 5.73 Å². The van der Waals surface area contributed by atoms with E-state index in [9.17, 15) is 13.2 Å². The molecular weight excluding hydrogens is 509 g/mol. The lowest BCUT2D eigenvalue weighted by atomic mass is 9.92. The quantitative estimate of drug-likeness (QED) is 0.329. The zero-order valence-corrected chi connectivity index (χ0v) is 20.3. The third-order valence-corrected chi connectivity index (χ3v) is 6.05. The monoisotopic (exact) mass is 528 g/mol. The Bertz CT molecular complexity index is 1310. The van der Waals surface area contributed by atoms with Gasteiger partial charge in [-0.15, -0.1) is 0 Å². The molecule has 1 unspecified atom stereocenters. The van der Waals surface area contributed by atoms with Crippen molar-refractivity contribution in [1.29, 1.82) is 0 Å². The second-order valence-electron chi connectivity index (χ2n) is 8.25. The smallest absolute Gasteiger partial charge is 0.433 e. The van der Waals surface area contributed by atoms with Gasteiger partial charge in [-0.1, -0.05) is 29.3 Å². The number of benzene rings is 1. The number of nitrogens with two attached hydrogens (primary N) is 1. The zero-order valence-electron chi connectivity index (χ0n) is 18.7. The topological polar surface area (TPSA) is 77.3 Å². The predicted molar refractivity (Wildman–Crippen MR) is 124 cm³/mol. The Kier molecular flexibility index (Phi) is 6.63. The SMILES string of the molecule is CC(C)Oc1c([C@@H](C)C2N=C(Cl)c3c(N)ncc[n+]32)cc(Cl)c(F)c1-c1ccc(C(F)(F)F)nc1. The summed E-state index contributed by atoms with van der Waals surface area (Å²) in [7, 11) is 0. The summed E-state index contributed by atoms with van der Waals surface area (Å²) < 4.78 is 62.2. The minimum atomic E-state index is -4.64. The number of nitrogens with zero attached hydrogens (tertiary/aromatic N) is 4. The van der Waals surface area contributed by atoms with E-state index in [-0.39, 0.29) is 32.9 Å². The molecule has 2 N–H and O–H groups in total. The van der Waals surface area contributed by atoms with E-state index >= 15 is 4.39 Å². The van der Waals surface area contributed by atoms with Crippen molar-refractivity contribution in [3.8, 4) is 16.9 Å². The minimum Gasteiger partial charge on any atom is -0.490 e. The highest BCUT2D eigenvalue weighted by molar-refractivity contribution is 6.69. The summed E-state index contributed by atoms with van der Waals surface area (Å²) in [4.78, 5) is 12.0. The van der Waals surface area contributed by atoms with Gasteiger partial charge in [0, 0.05) is 17.3 Å². The summed E-state index contributed by atoms with van der Waals surface area (Å²) >= 11 is 12.6. The molecule has 0 saturated carbocycles. The molecule has 2 atom stereocenters. The maximum absolute atomic E-state index is 15.4. The highest BCUT2D eigenvalue weighted by Crippen LogP contribution is 2.45. The molecule has 0 spiro atoms. The van der Waals surface area contributed by atoms with Gasteiger partial charge in [0.2, 0.25) is 5.17 Å². The highest BCUT2D eigenvalue weighted by Gasteiger charge is 2.41. The average Bonchev–Trinajstić information content (AvgIpc) is 3.13. The van der Waals surface area contributed by atoms with Gasteiger partial charge in [0.15, 0.2) is 17.8 Å². The normalized spacial score (nSPS) is 16.3. The number of fused-ring (bicyclic) bond motifs is 1.